The fourth-order valence-electron chi connectivity index (χ4n) is 4.01. The number of hydrogen-bond donors (Lipinski definition) is 1. The third-order valence-corrected chi connectivity index (χ3v) is 5.18. The fraction of sp³-hybridized carbons (Fsp3) is 0.238. The highest BCUT2D eigenvalue weighted by atomic mass is 16.3. The molecular formula is C21H18N2O3. The van der Waals surface area contributed by atoms with Crippen LogP contribution in [-0.4, -0.2) is 18.4 Å². The van der Waals surface area contributed by atoms with Gasteiger partial charge in [0, 0.05) is 24.0 Å². The van der Waals surface area contributed by atoms with Gasteiger partial charge >= 0.3 is 0 Å². The first-order chi connectivity index (χ1) is 12.7. The van der Waals surface area contributed by atoms with Crippen molar-refractivity contribution in [3.05, 3.63) is 59.4 Å². The summed E-state index contributed by atoms with van der Waals surface area (Å²) in [6, 6.07) is 13.3. The van der Waals surface area contributed by atoms with Crippen LogP contribution < -0.4 is 10.2 Å². The standard InChI is InChI=1S/C21H18N2O3/c24-19-8-7-15-11-16(10-14-5-3-9-23(19)20(14)15)22-21(25)18-12-13-4-1-2-6-17(13)26-18/h1-2,4,6,10-12H,3,5,7-9H2,(H,22,25). The predicted molar refractivity (Wildman–Crippen MR) is 99.6 cm³/mol. The van der Waals surface area contributed by atoms with E-state index in [2.05, 4.69) is 5.32 Å². The third-order valence-electron chi connectivity index (χ3n) is 5.18. The number of nitrogens with one attached hydrogen (secondary N) is 1. The van der Waals surface area contributed by atoms with Gasteiger partial charge in [0.2, 0.25) is 5.91 Å². The number of aryl methyl sites for hydroxylation is 2. The molecule has 26 heavy (non-hydrogen) atoms. The van der Waals surface area contributed by atoms with Crippen LogP contribution in [0.25, 0.3) is 11.0 Å². The van der Waals surface area contributed by atoms with Crippen LogP contribution in [0.5, 0.6) is 0 Å². The Morgan fingerprint density at radius 3 is 2.69 bits per heavy atom. The van der Waals surface area contributed by atoms with E-state index in [4.69, 9.17) is 4.42 Å². The van der Waals surface area contributed by atoms with E-state index in [0.717, 1.165) is 53.7 Å². The average molecular weight is 346 g/mol. The number of amides is 2. The normalized spacial score (nSPS) is 15.8. The molecule has 2 aromatic carbocycles. The first-order valence-electron chi connectivity index (χ1n) is 8.95. The van der Waals surface area contributed by atoms with Crippen molar-refractivity contribution < 1.29 is 14.0 Å². The summed E-state index contributed by atoms with van der Waals surface area (Å²) in [5.41, 5.74) is 4.81. The largest absolute Gasteiger partial charge is 0.451 e. The Balaban J connectivity index is 1.47. The molecule has 0 saturated heterocycles. The Bertz CT molecular complexity index is 1000. The zero-order valence-corrected chi connectivity index (χ0v) is 14.2. The highest BCUT2D eigenvalue weighted by Gasteiger charge is 2.29. The van der Waals surface area contributed by atoms with E-state index in [1.807, 2.05) is 41.3 Å². The lowest BCUT2D eigenvalue weighted by Crippen LogP contribution is -2.39. The zero-order valence-electron chi connectivity index (χ0n) is 14.2. The molecule has 1 aromatic heterocycles. The second-order valence-electron chi connectivity index (χ2n) is 6.89. The van der Waals surface area contributed by atoms with E-state index < -0.39 is 0 Å². The number of rotatable bonds is 2. The highest BCUT2D eigenvalue weighted by molar-refractivity contribution is 6.05. The lowest BCUT2D eigenvalue weighted by Gasteiger charge is -2.35. The van der Waals surface area contributed by atoms with Crippen molar-refractivity contribution >= 4 is 34.2 Å². The summed E-state index contributed by atoms with van der Waals surface area (Å²) in [5, 5.41) is 3.87. The van der Waals surface area contributed by atoms with Crippen LogP contribution in [0.3, 0.4) is 0 Å². The molecule has 130 valence electrons. The Kier molecular flexibility index (Phi) is 3.35. The molecule has 5 rings (SSSR count). The van der Waals surface area contributed by atoms with Gasteiger partial charge in [-0.1, -0.05) is 18.2 Å². The third kappa shape index (κ3) is 2.39. The molecule has 2 amide bonds. The summed E-state index contributed by atoms with van der Waals surface area (Å²) in [7, 11) is 0. The number of hydrogen-bond acceptors (Lipinski definition) is 3. The Morgan fingerprint density at radius 1 is 1.04 bits per heavy atom. The van der Waals surface area contributed by atoms with Crippen molar-refractivity contribution in [1.29, 1.82) is 0 Å². The molecule has 2 aliphatic rings. The van der Waals surface area contributed by atoms with Crippen molar-refractivity contribution in [3.63, 3.8) is 0 Å². The SMILES string of the molecule is O=C(Nc1cc2c3c(c1)CCC(=O)N3CCC2)c1cc2ccccc2o1. The number of furan rings is 1. The molecule has 0 saturated carbocycles. The van der Waals surface area contributed by atoms with Gasteiger partial charge in [0.25, 0.3) is 5.91 Å². The monoisotopic (exact) mass is 346 g/mol. The number of fused-ring (bicyclic) bond motifs is 1. The minimum Gasteiger partial charge on any atom is -0.451 e. The molecule has 3 heterocycles. The lowest BCUT2D eigenvalue weighted by atomic mass is 9.91. The van der Waals surface area contributed by atoms with Crippen LogP contribution in [0.1, 0.15) is 34.5 Å². The van der Waals surface area contributed by atoms with E-state index in [0.29, 0.717) is 17.8 Å². The molecule has 3 aromatic rings. The number of carbonyl (C=O) groups is 2. The van der Waals surface area contributed by atoms with Crippen molar-refractivity contribution in [1.82, 2.24) is 0 Å². The van der Waals surface area contributed by atoms with Crippen LogP contribution in [0, 0.1) is 0 Å². The molecular weight excluding hydrogens is 328 g/mol. The van der Waals surface area contributed by atoms with Gasteiger partial charge in [0.15, 0.2) is 5.76 Å². The van der Waals surface area contributed by atoms with Gasteiger partial charge in [-0.3, -0.25) is 9.59 Å². The Morgan fingerprint density at radius 2 is 1.85 bits per heavy atom. The van der Waals surface area contributed by atoms with E-state index >= 15 is 0 Å². The topological polar surface area (TPSA) is 62.6 Å². The molecule has 0 atom stereocenters. The Labute approximate surface area is 150 Å². The molecule has 0 bridgehead atoms. The minimum atomic E-state index is -0.257. The van der Waals surface area contributed by atoms with Crippen LogP contribution in [0.4, 0.5) is 11.4 Å². The lowest BCUT2D eigenvalue weighted by molar-refractivity contribution is -0.119. The molecule has 5 heteroatoms. The first-order valence-corrected chi connectivity index (χ1v) is 8.95. The predicted octanol–water partition coefficient (Wildman–Crippen LogP) is 3.91. The van der Waals surface area contributed by atoms with E-state index in [9.17, 15) is 9.59 Å². The highest BCUT2D eigenvalue weighted by Crippen LogP contribution is 2.38. The summed E-state index contributed by atoms with van der Waals surface area (Å²) >= 11 is 0. The number of benzene rings is 2. The number of para-hydroxylation sites is 1. The van der Waals surface area contributed by atoms with E-state index in [1.165, 1.54) is 0 Å². The van der Waals surface area contributed by atoms with Crippen molar-refractivity contribution in [2.75, 3.05) is 16.8 Å². The van der Waals surface area contributed by atoms with E-state index in [-0.39, 0.29) is 11.8 Å². The maximum atomic E-state index is 12.6. The molecule has 0 unspecified atom stereocenters. The fourth-order valence-corrected chi connectivity index (χ4v) is 4.01. The molecule has 0 fully saturated rings. The summed E-state index contributed by atoms with van der Waals surface area (Å²) in [6.45, 7) is 0.795. The van der Waals surface area contributed by atoms with Gasteiger partial charge < -0.3 is 14.6 Å². The molecule has 0 spiro atoms. The van der Waals surface area contributed by atoms with Gasteiger partial charge in [-0.15, -0.1) is 0 Å². The second kappa shape index (κ2) is 5.73. The van der Waals surface area contributed by atoms with Gasteiger partial charge in [0.1, 0.15) is 5.58 Å². The van der Waals surface area contributed by atoms with Crippen LogP contribution >= 0.6 is 0 Å². The van der Waals surface area contributed by atoms with Gasteiger partial charge in [-0.2, -0.15) is 0 Å². The second-order valence-corrected chi connectivity index (χ2v) is 6.89. The first kappa shape index (κ1) is 15.2. The van der Waals surface area contributed by atoms with E-state index in [1.54, 1.807) is 6.07 Å². The zero-order chi connectivity index (χ0) is 17.7. The summed E-state index contributed by atoms with van der Waals surface area (Å²) < 4.78 is 5.65. The summed E-state index contributed by atoms with van der Waals surface area (Å²) in [4.78, 5) is 26.7. The Hall–Kier alpha value is -3.08. The van der Waals surface area contributed by atoms with Crippen molar-refractivity contribution in [3.8, 4) is 0 Å². The number of nitrogens with zero attached hydrogens (tertiary/aromatic N) is 1. The van der Waals surface area contributed by atoms with Crippen LogP contribution in [0.2, 0.25) is 0 Å². The molecule has 2 aliphatic heterocycles. The molecule has 5 nitrogen and oxygen atoms in total. The van der Waals surface area contributed by atoms with Gasteiger partial charge in [0.05, 0.1) is 5.69 Å². The van der Waals surface area contributed by atoms with Crippen molar-refractivity contribution in [2.24, 2.45) is 0 Å². The van der Waals surface area contributed by atoms with Gasteiger partial charge in [-0.25, -0.2) is 0 Å². The van der Waals surface area contributed by atoms with Gasteiger partial charge in [-0.05, 0) is 54.7 Å². The summed E-state index contributed by atoms with van der Waals surface area (Å²) in [5.74, 6) is 0.250. The minimum absolute atomic E-state index is 0.206. The number of anilines is 2. The maximum absolute atomic E-state index is 12.6. The molecule has 1 N–H and O–H groups in total. The molecule has 0 radical (unpaired) electrons. The van der Waals surface area contributed by atoms with Crippen LogP contribution in [0.15, 0.2) is 46.9 Å². The maximum Gasteiger partial charge on any atom is 0.291 e. The van der Waals surface area contributed by atoms with Crippen LogP contribution in [-0.2, 0) is 17.6 Å². The number of carbonyl (C=O) groups excluding carboxylic acids is 2. The summed E-state index contributed by atoms with van der Waals surface area (Å²) in [6.07, 6.45) is 3.15. The molecule has 0 aliphatic carbocycles. The van der Waals surface area contributed by atoms with Crippen molar-refractivity contribution in [2.45, 2.75) is 25.7 Å². The smallest absolute Gasteiger partial charge is 0.291 e. The average Bonchev–Trinajstić information content (AvgIpc) is 3.09. The quantitative estimate of drug-likeness (QED) is 0.765.